The van der Waals surface area contributed by atoms with E-state index in [0.29, 0.717) is 6.04 Å². The van der Waals surface area contributed by atoms with Crippen LogP contribution < -0.4 is 0 Å². The predicted octanol–water partition coefficient (Wildman–Crippen LogP) is 1.43. The summed E-state index contributed by atoms with van der Waals surface area (Å²) in [6.45, 7) is 6.51. The number of nitrogens with zero attached hydrogens (tertiary/aromatic N) is 1. The molecule has 0 spiro atoms. The highest BCUT2D eigenvalue weighted by molar-refractivity contribution is 5.04. The summed E-state index contributed by atoms with van der Waals surface area (Å²) in [5.41, 5.74) is 1.55. The van der Waals surface area contributed by atoms with Crippen molar-refractivity contribution in [1.82, 2.24) is 4.90 Å². The molecule has 0 bridgehead atoms. The Hall–Kier alpha value is -0.340. The van der Waals surface area contributed by atoms with E-state index < -0.39 is 0 Å². The zero-order valence-electron chi connectivity index (χ0n) is 7.75. The summed E-state index contributed by atoms with van der Waals surface area (Å²) < 4.78 is 5.37. The van der Waals surface area contributed by atoms with Crippen molar-refractivity contribution in [2.45, 2.75) is 25.8 Å². The summed E-state index contributed by atoms with van der Waals surface area (Å²) in [5.74, 6) is 0. The molecule has 0 amide bonds. The summed E-state index contributed by atoms with van der Waals surface area (Å²) >= 11 is 0. The van der Waals surface area contributed by atoms with Crippen molar-refractivity contribution >= 4 is 0 Å². The van der Waals surface area contributed by atoms with Crippen molar-refractivity contribution in [3.05, 3.63) is 11.6 Å². The van der Waals surface area contributed by atoms with Crippen LogP contribution >= 0.6 is 0 Å². The fourth-order valence-electron chi connectivity index (χ4n) is 1.93. The lowest BCUT2D eigenvalue weighted by atomic mass is 10.1. The molecule has 0 saturated carbocycles. The Kier molecular flexibility index (Phi) is 2.47. The topological polar surface area (TPSA) is 12.5 Å². The normalized spacial score (nSPS) is 32.1. The van der Waals surface area contributed by atoms with E-state index in [1.54, 1.807) is 5.57 Å². The summed E-state index contributed by atoms with van der Waals surface area (Å²) in [7, 11) is 0. The Morgan fingerprint density at radius 3 is 3.08 bits per heavy atom. The summed E-state index contributed by atoms with van der Waals surface area (Å²) in [6.07, 6.45) is 4.82. The van der Waals surface area contributed by atoms with Crippen molar-refractivity contribution in [3.63, 3.8) is 0 Å². The van der Waals surface area contributed by atoms with Crippen molar-refractivity contribution < 1.29 is 4.74 Å². The molecule has 0 aromatic heterocycles. The number of rotatable bonds is 1. The predicted molar refractivity (Wildman–Crippen MR) is 49.2 cm³/mol. The molecule has 2 nitrogen and oxygen atoms in total. The van der Waals surface area contributed by atoms with Crippen molar-refractivity contribution in [2.75, 3.05) is 26.3 Å². The van der Waals surface area contributed by atoms with Gasteiger partial charge in [0.05, 0.1) is 6.61 Å². The summed E-state index contributed by atoms with van der Waals surface area (Å²) in [4.78, 5) is 2.54. The van der Waals surface area contributed by atoms with Gasteiger partial charge in [-0.1, -0.05) is 11.6 Å². The second-order valence-electron chi connectivity index (χ2n) is 3.81. The number of hydrogen-bond acceptors (Lipinski definition) is 2. The van der Waals surface area contributed by atoms with Crippen LogP contribution in [0.3, 0.4) is 0 Å². The van der Waals surface area contributed by atoms with Crippen molar-refractivity contribution in [1.29, 1.82) is 0 Å². The van der Waals surface area contributed by atoms with Gasteiger partial charge in [0.25, 0.3) is 0 Å². The van der Waals surface area contributed by atoms with E-state index >= 15 is 0 Å². The van der Waals surface area contributed by atoms with Gasteiger partial charge in [-0.25, -0.2) is 0 Å². The monoisotopic (exact) mass is 167 g/mol. The SMILES string of the molecule is CC1=CCN(C2CCOC2)CC1. The van der Waals surface area contributed by atoms with Crippen LogP contribution in [-0.2, 0) is 4.74 Å². The molecule has 12 heavy (non-hydrogen) atoms. The minimum Gasteiger partial charge on any atom is -0.380 e. The van der Waals surface area contributed by atoms with Crippen LogP contribution in [0.25, 0.3) is 0 Å². The number of hydrogen-bond donors (Lipinski definition) is 0. The van der Waals surface area contributed by atoms with Crippen LogP contribution in [0.5, 0.6) is 0 Å². The highest BCUT2D eigenvalue weighted by Gasteiger charge is 2.23. The van der Waals surface area contributed by atoms with Crippen LogP contribution in [0.2, 0.25) is 0 Å². The van der Waals surface area contributed by atoms with Gasteiger partial charge >= 0.3 is 0 Å². The smallest absolute Gasteiger partial charge is 0.0622 e. The molecule has 2 aliphatic heterocycles. The Bertz CT molecular complexity index is 182. The first-order chi connectivity index (χ1) is 5.86. The van der Waals surface area contributed by atoms with Gasteiger partial charge in [0.1, 0.15) is 0 Å². The third kappa shape index (κ3) is 1.70. The molecule has 1 saturated heterocycles. The van der Waals surface area contributed by atoms with E-state index in [0.717, 1.165) is 19.8 Å². The molecule has 0 radical (unpaired) electrons. The molecule has 0 aromatic rings. The zero-order valence-corrected chi connectivity index (χ0v) is 7.75. The average Bonchev–Trinajstić information content (AvgIpc) is 2.58. The molecule has 0 aliphatic carbocycles. The minimum absolute atomic E-state index is 0.703. The van der Waals surface area contributed by atoms with Crippen LogP contribution in [0.4, 0.5) is 0 Å². The van der Waals surface area contributed by atoms with E-state index in [9.17, 15) is 0 Å². The molecule has 0 N–H and O–H groups in total. The molecule has 68 valence electrons. The average molecular weight is 167 g/mol. The summed E-state index contributed by atoms with van der Waals surface area (Å²) in [5, 5.41) is 0. The van der Waals surface area contributed by atoms with Crippen LogP contribution in [-0.4, -0.2) is 37.2 Å². The van der Waals surface area contributed by atoms with Gasteiger partial charge in [-0.3, -0.25) is 4.90 Å². The molecule has 2 rings (SSSR count). The second-order valence-corrected chi connectivity index (χ2v) is 3.81. The molecule has 1 fully saturated rings. The van der Waals surface area contributed by atoms with Gasteiger partial charge < -0.3 is 4.74 Å². The quantitative estimate of drug-likeness (QED) is 0.548. The van der Waals surface area contributed by atoms with E-state index in [1.807, 2.05) is 0 Å². The first-order valence-corrected chi connectivity index (χ1v) is 4.83. The number of ether oxygens (including phenoxy) is 1. The Morgan fingerprint density at radius 2 is 2.50 bits per heavy atom. The van der Waals surface area contributed by atoms with Crippen molar-refractivity contribution in [3.8, 4) is 0 Å². The molecule has 2 aliphatic rings. The highest BCUT2D eigenvalue weighted by Crippen LogP contribution is 2.17. The lowest BCUT2D eigenvalue weighted by Gasteiger charge is -2.29. The third-order valence-electron chi connectivity index (χ3n) is 2.89. The van der Waals surface area contributed by atoms with Gasteiger partial charge in [-0.05, 0) is 19.8 Å². The van der Waals surface area contributed by atoms with E-state index in [-0.39, 0.29) is 0 Å². The maximum atomic E-state index is 5.37. The van der Waals surface area contributed by atoms with Crippen LogP contribution in [0.15, 0.2) is 11.6 Å². The molecule has 2 heteroatoms. The minimum atomic E-state index is 0.703. The van der Waals surface area contributed by atoms with Gasteiger partial charge in [0.15, 0.2) is 0 Å². The fourth-order valence-corrected chi connectivity index (χ4v) is 1.93. The largest absolute Gasteiger partial charge is 0.380 e. The van der Waals surface area contributed by atoms with Crippen LogP contribution in [0, 0.1) is 0 Å². The molecule has 0 aromatic carbocycles. The van der Waals surface area contributed by atoms with Gasteiger partial charge in [0, 0.05) is 25.7 Å². The molecular formula is C10H17NO. The molecule has 1 atom stereocenters. The van der Waals surface area contributed by atoms with Gasteiger partial charge in [0.2, 0.25) is 0 Å². The first-order valence-electron chi connectivity index (χ1n) is 4.83. The molecule has 1 unspecified atom stereocenters. The first kappa shape index (κ1) is 8.27. The molecule has 2 heterocycles. The van der Waals surface area contributed by atoms with E-state index in [1.165, 1.54) is 19.4 Å². The summed E-state index contributed by atoms with van der Waals surface area (Å²) in [6, 6.07) is 0.703. The molecular weight excluding hydrogens is 150 g/mol. The van der Waals surface area contributed by atoms with Gasteiger partial charge in [-0.15, -0.1) is 0 Å². The Labute approximate surface area is 74.2 Å². The maximum absolute atomic E-state index is 5.37. The highest BCUT2D eigenvalue weighted by atomic mass is 16.5. The standard InChI is InChI=1S/C10H17NO/c1-9-2-5-11(6-3-9)10-4-7-12-8-10/h2,10H,3-8H2,1H3. The fraction of sp³-hybridized carbons (Fsp3) is 0.800. The van der Waals surface area contributed by atoms with Crippen molar-refractivity contribution in [2.24, 2.45) is 0 Å². The Balaban J connectivity index is 1.89. The second kappa shape index (κ2) is 3.58. The van der Waals surface area contributed by atoms with E-state index in [4.69, 9.17) is 4.74 Å². The Morgan fingerprint density at radius 1 is 1.58 bits per heavy atom. The lowest BCUT2D eigenvalue weighted by Crippen LogP contribution is -2.38. The third-order valence-corrected chi connectivity index (χ3v) is 2.89. The van der Waals surface area contributed by atoms with E-state index in [2.05, 4.69) is 17.9 Å². The van der Waals surface area contributed by atoms with Gasteiger partial charge in [-0.2, -0.15) is 0 Å². The maximum Gasteiger partial charge on any atom is 0.0622 e. The lowest BCUT2D eigenvalue weighted by molar-refractivity contribution is 0.149. The van der Waals surface area contributed by atoms with Crippen LogP contribution in [0.1, 0.15) is 19.8 Å². The zero-order chi connectivity index (χ0) is 8.39.